The molecule has 1 aromatic carbocycles. The third kappa shape index (κ3) is 3.15. The number of aryl methyl sites for hydroxylation is 2. The van der Waals surface area contributed by atoms with E-state index in [2.05, 4.69) is 24.3 Å². The predicted octanol–water partition coefficient (Wildman–Crippen LogP) is 3.68. The summed E-state index contributed by atoms with van der Waals surface area (Å²) in [5, 5.41) is 7.58. The van der Waals surface area contributed by atoms with E-state index in [-0.39, 0.29) is 12.5 Å². The highest BCUT2D eigenvalue weighted by molar-refractivity contribution is 5.83. The normalized spacial score (nSPS) is 11.0. The Hall–Kier alpha value is -2.10. The van der Waals surface area contributed by atoms with Gasteiger partial charge in [-0.2, -0.15) is 5.10 Å². The van der Waals surface area contributed by atoms with Gasteiger partial charge in [-0.3, -0.25) is 4.79 Å². The molecule has 1 aromatic heterocycles. The van der Waals surface area contributed by atoms with Crippen LogP contribution < -0.4 is 5.32 Å². The molecule has 0 fully saturated rings. The number of aromatic nitrogens is 2. The van der Waals surface area contributed by atoms with Gasteiger partial charge in [-0.15, -0.1) is 0 Å². The van der Waals surface area contributed by atoms with Gasteiger partial charge in [-0.1, -0.05) is 32.0 Å². The van der Waals surface area contributed by atoms with Crippen molar-refractivity contribution in [3.63, 3.8) is 0 Å². The highest BCUT2D eigenvalue weighted by Gasteiger charge is 2.18. The molecule has 0 unspecified atom stereocenters. The van der Waals surface area contributed by atoms with E-state index in [1.54, 1.807) is 0 Å². The molecule has 0 saturated heterocycles. The van der Waals surface area contributed by atoms with Crippen LogP contribution in [0.5, 0.6) is 0 Å². The van der Waals surface area contributed by atoms with Crippen LogP contribution in [0.4, 0.5) is 5.69 Å². The van der Waals surface area contributed by atoms with Gasteiger partial charge in [-0.05, 0) is 43.9 Å². The van der Waals surface area contributed by atoms with Crippen molar-refractivity contribution in [2.75, 3.05) is 11.9 Å². The van der Waals surface area contributed by atoms with E-state index in [4.69, 9.17) is 0 Å². The molecule has 21 heavy (non-hydrogen) atoms. The van der Waals surface area contributed by atoms with Gasteiger partial charge in [0.15, 0.2) is 0 Å². The molecule has 1 N–H and O–H groups in total. The monoisotopic (exact) mass is 285 g/mol. The van der Waals surface area contributed by atoms with Gasteiger partial charge in [0.1, 0.15) is 0 Å². The lowest BCUT2D eigenvalue weighted by molar-refractivity contribution is 0.0910. The number of nitrogens with zero attached hydrogens (tertiary/aromatic N) is 2. The minimum Gasteiger partial charge on any atom is -0.376 e. The maximum atomic E-state index is 12.4. The number of carbonyl (C=O) groups is 1. The molecule has 2 aromatic rings. The summed E-state index contributed by atoms with van der Waals surface area (Å²) in [6, 6.07) is 7.94. The summed E-state index contributed by atoms with van der Waals surface area (Å²) in [4.78, 5) is 12.4. The minimum absolute atomic E-state index is 0.0363. The molecule has 0 aliphatic carbocycles. The minimum atomic E-state index is -0.0363. The van der Waals surface area contributed by atoms with E-state index in [1.807, 2.05) is 45.0 Å². The van der Waals surface area contributed by atoms with E-state index >= 15 is 0 Å². The van der Waals surface area contributed by atoms with E-state index in [9.17, 15) is 4.79 Å². The molecule has 0 aliphatic heterocycles. The first kappa shape index (κ1) is 15.3. The average Bonchev–Trinajstić information content (AvgIpc) is 2.73. The number of rotatable bonds is 4. The van der Waals surface area contributed by atoms with Gasteiger partial charge in [0.05, 0.1) is 12.2 Å². The lowest BCUT2D eigenvalue weighted by Gasteiger charge is -2.10. The van der Waals surface area contributed by atoms with Crippen LogP contribution in [-0.2, 0) is 0 Å². The number of nitrogens with one attached hydrogen (secondary N) is 1. The van der Waals surface area contributed by atoms with Gasteiger partial charge < -0.3 is 5.32 Å². The third-order valence-corrected chi connectivity index (χ3v) is 3.74. The molecule has 0 radical (unpaired) electrons. The number of hydrogen-bond acceptors (Lipinski definition) is 3. The summed E-state index contributed by atoms with van der Waals surface area (Å²) in [6.07, 6.45) is 0. The quantitative estimate of drug-likeness (QED) is 0.932. The van der Waals surface area contributed by atoms with Crippen LogP contribution in [0.1, 0.15) is 47.1 Å². The topological polar surface area (TPSA) is 46.9 Å². The number of hydrogen-bond donors (Lipinski definition) is 1. The maximum Gasteiger partial charge on any atom is 0.266 e. The zero-order chi connectivity index (χ0) is 15.6. The predicted molar refractivity (Wildman–Crippen MR) is 86.1 cm³/mol. The number of carbonyl (C=O) groups excluding carboxylic acids is 1. The molecule has 1 heterocycles. The van der Waals surface area contributed by atoms with Crippen molar-refractivity contribution in [3.05, 3.63) is 46.8 Å². The maximum absolute atomic E-state index is 12.4. The molecule has 0 spiro atoms. The molecule has 0 aliphatic rings. The second-order valence-corrected chi connectivity index (χ2v) is 5.71. The smallest absolute Gasteiger partial charge is 0.266 e. The molecule has 0 atom stereocenters. The fraction of sp³-hybridized carbons (Fsp3) is 0.412. The Kier molecular flexibility index (Phi) is 4.46. The van der Waals surface area contributed by atoms with E-state index < -0.39 is 0 Å². The third-order valence-electron chi connectivity index (χ3n) is 3.74. The van der Waals surface area contributed by atoms with Crippen LogP contribution in [0.15, 0.2) is 24.3 Å². The van der Waals surface area contributed by atoms with Gasteiger partial charge in [0, 0.05) is 11.4 Å². The number of para-hydroxylation sites is 1. The molecule has 2 rings (SSSR count). The lowest BCUT2D eigenvalue weighted by atomic mass is 10.0. The van der Waals surface area contributed by atoms with Crippen LogP contribution in [0, 0.1) is 20.8 Å². The van der Waals surface area contributed by atoms with Crippen molar-refractivity contribution in [1.29, 1.82) is 0 Å². The Morgan fingerprint density at radius 3 is 2.48 bits per heavy atom. The molecule has 112 valence electrons. The van der Waals surface area contributed by atoms with Crippen molar-refractivity contribution < 1.29 is 4.79 Å². The largest absolute Gasteiger partial charge is 0.376 e. The van der Waals surface area contributed by atoms with E-state index in [1.165, 1.54) is 10.2 Å². The number of benzene rings is 1. The van der Waals surface area contributed by atoms with Crippen molar-refractivity contribution in [1.82, 2.24) is 9.78 Å². The zero-order valence-electron chi connectivity index (χ0n) is 13.4. The highest BCUT2D eigenvalue weighted by atomic mass is 16.2. The molecule has 4 heteroatoms. The highest BCUT2D eigenvalue weighted by Crippen LogP contribution is 2.22. The molecule has 4 nitrogen and oxygen atoms in total. The summed E-state index contributed by atoms with van der Waals surface area (Å²) in [5.41, 5.74) is 5.16. The van der Waals surface area contributed by atoms with Gasteiger partial charge in [0.2, 0.25) is 0 Å². The van der Waals surface area contributed by atoms with Crippen LogP contribution in [0.25, 0.3) is 0 Å². The second kappa shape index (κ2) is 6.12. The van der Waals surface area contributed by atoms with E-state index in [0.29, 0.717) is 5.92 Å². The Morgan fingerprint density at radius 2 is 1.90 bits per heavy atom. The fourth-order valence-corrected chi connectivity index (χ4v) is 2.75. The second-order valence-electron chi connectivity index (χ2n) is 5.71. The Labute approximate surface area is 126 Å². The first-order chi connectivity index (χ1) is 9.91. The summed E-state index contributed by atoms with van der Waals surface area (Å²) in [6.45, 7) is 10.4. The summed E-state index contributed by atoms with van der Waals surface area (Å²) >= 11 is 0. The van der Waals surface area contributed by atoms with Crippen LogP contribution in [-0.4, -0.2) is 22.2 Å². The summed E-state index contributed by atoms with van der Waals surface area (Å²) in [7, 11) is 0. The summed E-state index contributed by atoms with van der Waals surface area (Å²) < 4.78 is 1.52. The fourth-order valence-electron chi connectivity index (χ4n) is 2.75. The molecule has 0 amide bonds. The first-order valence-electron chi connectivity index (χ1n) is 7.30. The van der Waals surface area contributed by atoms with Crippen molar-refractivity contribution in [2.45, 2.75) is 40.5 Å². The molecular weight excluding hydrogens is 262 g/mol. The van der Waals surface area contributed by atoms with Gasteiger partial charge >= 0.3 is 0 Å². The first-order valence-corrected chi connectivity index (χ1v) is 7.30. The lowest BCUT2D eigenvalue weighted by Crippen LogP contribution is -2.23. The SMILES string of the molecule is Cc1ccccc1NCC(=O)n1nc(C)c(C(C)C)c1C. The van der Waals surface area contributed by atoms with Crippen molar-refractivity contribution in [3.8, 4) is 0 Å². The van der Waals surface area contributed by atoms with Crippen LogP contribution in [0.2, 0.25) is 0 Å². The van der Waals surface area contributed by atoms with Crippen molar-refractivity contribution >= 4 is 11.6 Å². The van der Waals surface area contributed by atoms with Crippen LogP contribution in [0.3, 0.4) is 0 Å². The Balaban J connectivity index is 2.15. The Bertz CT molecular complexity index is 656. The standard InChI is InChI=1S/C17H23N3O/c1-11(2)17-13(4)19-20(14(17)5)16(21)10-18-15-9-7-6-8-12(15)3/h6-9,11,18H,10H2,1-5H3. The summed E-state index contributed by atoms with van der Waals surface area (Å²) in [5.74, 6) is 0.335. The van der Waals surface area contributed by atoms with E-state index in [0.717, 1.165) is 22.6 Å². The molecule has 0 saturated carbocycles. The molecule has 0 bridgehead atoms. The number of anilines is 1. The molecular formula is C17H23N3O. The van der Waals surface area contributed by atoms with Gasteiger partial charge in [-0.25, -0.2) is 4.68 Å². The Morgan fingerprint density at radius 1 is 1.24 bits per heavy atom. The van der Waals surface area contributed by atoms with Crippen molar-refractivity contribution in [2.24, 2.45) is 0 Å². The van der Waals surface area contributed by atoms with Crippen LogP contribution >= 0.6 is 0 Å². The van der Waals surface area contributed by atoms with Gasteiger partial charge in [0.25, 0.3) is 5.91 Å². The average molecular weight is 285 g/mol. The zero-order valence-corrected chi connectivity index (χ0v) is 13.4.